The highest BCUT2D eigenvalue weighted by Gasteiger charge is 2.29. The van der Waals surface area contributed by atoms with Gasteiger partial charge in [0.05, 0.1) is 11.1 Å². The molecule has 0 radical (unpaired) electrons. The molecule has 16 heavy (non-hydrogen) atoms. The van der Waals surface area contributed by atoms with Crippen molar-refractivity contribution in [3.8, 4) is 0 Å². The Balaban J connectivity index is 2.19. The van der Waals surface area contributed by atoms with Gasteiger partial charge in [0, 0.05) is 19.5 Å². The second-order valence-electron chi connectivity index (χ2n) is 4.71. The van der Waals surface area contributed by atoms with E-state index in [-0.39, 0.29) is 5.78 Å². The smallest absolute Gasteiger partial charge is 0.186 e. The lowest BCUT2D eigenvalue weighted by molar-refractivity contribution is 0.102. The number of nitrogens with zero attached hydrogens (tertiary/aromatic N) is 2. The van der Waals surface area contributed by atoms with E-state index in [2.05, 4.69) is 23.7 Å². The maximum Gasteiger partial charge on any atom is 0.186 e. The number of hydrogen-bond donors (Lipinski definition) is 0. The Bertz CT molecular complexity index is 386. The van der Waals surface area contributed by atoms with Gasteiger partial charge in [-0.15, -0.1) is 0 Å². The first-order valence-corrected chi connectivity index (χ1v) is 6.64. The second kappa shape index (κ2) is 4.53. The molecule has 0 aliphatic carbocycles. The van der Waals surface area contributed by atoms with Crippen molar-refractivity contribution in [3.63, 3.8) is 0 Å². The maximum atomic E-state index is 11.2. The first kappa shape index (κ1) is 11.6. The van der Waals surface area contributed by atoms with Crippen LogP contribution >= 0.6 is 11.3 Å². The Labute approximate surface area is 100 Å². The lowest BCUT2D eigenvalue weighted by atomic mass is 10.0. The van der Waals surface area contributed by atoms with Gasteiger partial charge in [0.25, 0.3) is 0 Å². The number of carbonyl (C=O) groups is 1. The molecule has 1 aliphatic heterocycles. The average molecular weight is 238 g/mol. The van der Waals surface area contributed by atoms with Crippen molar-refractivity contribution in [1.29, 1.82) is 0 Å². The van der Waals surface area contributed by atoms with Crippen LogP contribution in [0.5, 0.6) is 0 Å². The van der Waals surface area contributed by atoms with E-state index >= 15 is 0 Å². The van der Waals surface area contributed by atoms with Crippen molar-refractivity contribution < 1.29 is 4.79 Å². The van der Waals surface area contributed by atoms with Gasteiger partial charge in [-0.05, 0) is 18.8 Å². The molecule has 0 saturated carbocycles. The summed E-state index contributed by atoms with van der Waals surface area (Å²) in [5, 5.41) is 1.02. The first-order chi connectivity index (χ1) is 7.59. The van der Waals surface area contributed by atoms with E-state index in [9.17, 15) is 4.79 Å². The van der Waals surface area contributed by atoms with Crippen LogP contribution in [0, 0.1) is 5.92 Å². The minimum Gasteiger partial charge on any atom is -0.345 e. The van der Waals surface area contributed by atoms with E-state index in [0.717, 1.165) is 16.6 Å². The minimum atomic E-state index is 0.115. The van der Waals surface area contributed by atoms with Crippen LogP contribution in [0.25, 0.3) is 0 Å². The molecule has 1 unspecified atom stereocenters. The highest BCUT2D eigenvalue weighted by molar-refractivity contribution is 7.17. The van der Waals surface area contributed by atoms with Gasteiger partial charge in [-0.3, -0.25) is 4.79 Å². The molecule has 0 spiro atoms. The van der Waals surface area contributed by atoms with Gasteiger partial charge in [0.15, 0.2) is 10.9 Å². The maximum absolute atomic E-state index is 11.2. The Hall–Kier alpha value is -0.900. The van der Waals surface area contributed by atoms with Gasteiger partial charge < -0.3 is 4.90 Å². The molecule has 1 fully saturated rings. The van der Waals surface area contributed by atoms with Crippen LogP contribution in [-0.2, 0) is 0 Å². The van der Waals surface area contributed by atoms with Crippen LogP contribution in [-0.4, -0.2) is 23.4 Å². The third-order valence-corrected chi connectivity index (χ3v) is 4.29. The van der Waals surface area contributed by atoms with Gasteiger partial charge in [-0.1, -0.05) is 25.2 Å². The molecule has 1 aromatic rings. The second-order valence-corrected chi connectivity index (χ2v) is 5.72. The van der Waals surface area contributed by atoms with Crippen LogP contribution in [0.2, 0.25) is 0 Å². The van der Waals surface area contributed by atoms with E-state index in [1.54, 1.807) is 13.1 Å². The number of Topliss-reactive ketones (excluding diaryl/α,β-unsaturated/α-hetero) is 1. The molecule has 1 saturated heterocycles. The number of anilines is 1. The van der Waals surface area contributed by atoms with E-state index in [1.165, 1.54) is 24.2 Å². The standard InChI is InChI=1S/C12H18N2OS/c1-8(2)10-5-4-6-14(10)12-13-7-11(16-12)9(3)15/h7-8,10H,4-6H2,1-3H3. The van der Waals surface area contributed by atoms with Gasteiger partial charge in [-0.2, -0.15) is 0 Å². The molecule has 2 rings (SSSR count). The van der Waals surface area contributed by atoms with Crippen molar-refractivity contribution in [2.24, 2.45) is 5.92 Å². The Morgan fingerprint density at radius 3 is 2.94 bits per heavy atom. The van der Waals surface area contributed by atoms with Crippen molar-refractivity contribution >= 4 is 22.3 Å². The summed E-state index contributed by atoms with van der Waals surface area (Å²) >= 11 is 1.52. The normalized spacial score (nSPS) is 20.8. The van der Waals surface area contributed by atoms with Gasteiger partial charge in [0.2, 0.25) is 0 Å². The average Bonchev–Trinajstić information content (AvgIpc) is 2.86. The topological polar surface area (TPSA) is 33.2 Å². The first-order valence-electron chi connectivity index (χ1n) is 5.83. The zero-order chi connectivity index (χ0) is 11.7. The predicted molar refractivity (Wildman–Crippen MR) is 67.3 cm³/mol. The van der Waals surface area contributed by atoms with Gasteiger partial charge >= 0.3 is 0 Å². The fraction of sp³-hybridized carbons (Fsp3) is 0.667. The summed E-state index contributed by atoms with van der Waals surface area (Å²) in [6.07, 6.45) is 4.18. The summed E-state index contributed by atoms with van der Waals surface area (Å²) in [6.45, 7) is 7.18. The fourth-order valence-corrected chi connectivity index (χ4v) is 3.18. The number of aromatic nitrogens is 1. The molecule has 0 N–H and O–H groups in total. The van der Waals surface area contributed by atoms with E-state index in [1.807, 2.05) is 0 Å². The minimum absolute atomic E-state index is 0.115. The number of carbonyl (C=O) groups excluding carboxylic acids is 1. The molecule has 1 atom stereocenters. The molecule has 1 aromatic heterocycles. The molecular formula is C12H18N2OS. The Morgan fingerprint density at radius 2 is 2.38 bits per heavy atom. The van der Waals surface area contributed by atoms with Crippen LogP contribution in [0.15, 0.2) is 6.20 Å². The third kappa shape index (κ3) is 2.12. The summed E-state index contributed by atoms with van der Waals surface area (Å²) in [5.41, 5.74) is 0. The van der Waals surface area contributed by atoms with Crippen LogP contribution in [0.4, 0.5) is 5.13 Å². The van der Waals surface area contributed by atoms with E-state index < -0.39 is 0 Å². The molecule has 0 bridgehead atoms. The van der Waals surface area contributed by atoms with Gasteiger partial charge in [0.1, 0.15) is 0 Å². The van der Waals surface area contributed by atoms with E-state index in [4.69, 9.17) is 0 Å². The van der Waals surface area contributed by atoms with Crippen LogP contribution < -0.4 is 4.90 Å². The SMILES string of the molecule is CC(=O)c1cnc(N2CCCC2C(C)C)s1. The molecule has 0 aromatic carbocycles. The fourth-order valence-electron chi connectivity index (χ4n) is 2.28. The van der Waals surface area contributed by atoms with Crippen LogP contribution in [0.1, 0.15) is 43.3 Å². The largest absolute Gasteiger partial charge is 0.345 e. The lowest BCUT2D eigenvalue weighted by Gasteiger charge is -2.26. The molecule has 2 heterocycles. The molecule has 3 nitrogen and oxygen atoms in total. The Morgan fingerprint density at radius 1 is 1.62 bits per heavy atom. The lowest BCUT2D eigenvalue weighted by Crippen LogP contribution is -2.33. The summed E-state index contributed by atoms with van der Waals surface area (Å²) in [7, 11) is 0. The highest BCUT2D eigenvalue weighted by Crippen LogP contribution is 2.32. The van der Waals surface area contributed by atoms with Crippen LogP contribution in [0.3, 0.4) is 0 Å². The summed E-state index contributed by atoms with van der Waals surface area (Å²) in [6, 6.07) is 0.589. The van der Waals surface area contributed by atoms with Gasteiger partial charge in [-0.25, -0.2) is 4.98 Å². The zero-order valence-corrected chi connectivity index (χ0v) is 10.9. The van der Waals surface area contributed by atoms with Crippen molar-refractivity contribution in [2.75, 3.05) is 11.4 Å². The van der Waals surface area contributed by atoms with Crippen molar-refractivity contribution in [3.05, 3.63) is 11.1 Å². The Kier molecular flexibility index (Phi) is 3.28. The quantitative estimate of drug-likeness (QED) is 0.759. The zero-order valence-electron chi connectivity index (χ0n) is 10.1. The number of thiazole rings is 1. The van der Waals surface area contributed by atoms with E-state index in [0.29, 0.717) is 12.0 Å². The van der Waals surface area contributed by atoms with Crippen molar-refractivity contribution in [2.45, 2.75) is 39.7 Å². The molecule has 1 aliphatic rings. The number of hydrogen-bond acceptors (Lipinski definition) is 4. The molecular weight excluding hydrogens is 220 g/mol. The third-order valence-electron chi connectivity index (χ3n) is 3.15. The summed E-state index contributed by atoms with van der Waals surface area (Å²) < 4.78 is 0. The number of rotatable bonds is 3. The molecule has 0 amide bonds. The summed E-state index contributed by atoms with van der Waals surface area (Å²) in [4.78, 5) is 18.7. The molecule has 4 heteroatoms. The monoisotopic (exact) mass is 238 g/mol. The van der Waals surface area contributed by atoms with Crippen molar-refractivity contribution in [1.82, 2.24) is 4.98 Å². The number of ketones is 1. The molecule has 88 valence electrons. The predicted octanol–water partition coefficient (Wildman–Crippen LogP) is 2.97. The highest BCUT2D eigenvalue weighted by atomic mass is 32.1. The summed E-state index contributed by atoms with van der Waals surface area (Å²) in [5.74, 6) is 0.760.